The summed E-state index contributed by atoms with van der Waals surface area (Å²) in [6.07, 6.45) is 4.74. The van der Waals surface area contributed by atoms with Crippen LogP contribution in [0.15, 0.2) is 0 Å². The number of rotatable bonds is 9. The maximum Gasteiger partial charge on any atom is 0.334 e. The largest absolute Gasteiger partial charge is 0.479 e. The van der Waals surface area contributed by atoms with Crippen LogP contribution in [0.1, 0.15) is 46.0 Å². The lowest BCUT2D eigenvalue weighted by Crippen LogP contribution is -2.34. The molecule has 2 atom stereocenters. The minimum atomic E-state index is -0.974. The number of carbonyl (C=O) groups is 1. The molecule has 0 aliphatic carbocycles. The molecule has 0 bridgehead atoms. The Morgan fingerprint density at radius 3 is 2.53 bits per heavy atom. The molecule has 0 aliphatic rings. The van der Waals surface area contributed by atoms with Gasteiger partial charge in [0.05, 0.1) is 6.10 Å². The second-order valence-electron chi connectivity index (χ2n) is 3.86. The third kappa shape index (κ3) is 7.33. The van der Waals surface area contributed by atoms with Gasteiger partial charge in [0.15, 0.2) is 6.10 Å². The molecule has 2 unspecified atom stereocenters. The van der Waals surface area contributed by atoms with Crippen molar-refractivity contribution in [1.29, 1.82) is 0 Å². The molecule has 0 aromatic heterocycles. The summed E-state index contributed by atoms with van der Waals surface area (Å²) in [5, 5.41) is 8.73. The Morgan fingerprint density at radius 2 is 2.07 bits per heavy atom. The zero-order chi connectivity index (χ0) is 11.7. The summed E-state index contributed by atoms with van der Waals surface area (Å²) in [5.74, 6) is -0.974. The Morgan fingerprint density at radius 1 is 1.40 bits per heavy atom. The predicted octanol–water partition coefficient (Wildman–Crippen LogP) is 1.77. The average Bonchev–Trinajstić information content (AvgIpc) is 2.20. The second kappa shape index (κ2) is 8.68. The molecule has 0 saturated carbocycles. The van der Waals surface area contributed by atoms with Crippen LogP contribution < -0.4 is 5.73 Å². The van der Waals surface area contributed by atoms with Gasteiger partial charge >= 0.3 is 5.97 Å². The molecular weight excluding hydrogens is 194 g/mol. The number of ether oxygens (including phenoxy) is 1. The van der Waals surface area contributed by atoms with Gasteiger partial charge in [0.1, 0.15) is 0 Å². The molecular formula is C11H23NO3. The van der Waals surface area contributed by atoms with Gasteiger partial charge in [-0.2, -0.15) is 0 Å². The maximum absolute atomic E-state index is 10.6. The molecule has 0 aliphatic heterocycles. The number of aliphatic carboxylic acids is 1. The summed E-state index contributed by atoms with van der Waals surface area (Å²) in [5.41, 5.74) is 5.29. The van der Waals surface area contributed by atoms with Crippen molar-refractivity contribution in [3.63, 3.8) is 0 Å². The minimum Gasteiger partial charge on any atom is -0.479 e. The smallest absolute Gasteiger partial charge is 0.334 e. The first kappa shape index (κ1) is 14.4. The SMILES string of the molecule is CCCCCCC(C)OC(CN)C(=O)O. The fraction of sp³-hybridized carbons (Fsp3) is 0.909. The van der Waals surface area contributed by atoms with Crippen molar-refractivity contribution in [3.05, 3.63) is 0 Å². The van der Waals surface area contributed by atoms with E-state index >= 15 is 0 Å². The Balaban J connectivity index is 3.62. The molecule has 90 valence electrons. The van der Waals surface area contributed by atoms with Crippen molar-refractivity contribution in [2.75, 3.05) is 6.54 Å². The summed E-state index contributed by atoms with van der Waals surface area (Å²) in [4.78, 5) is 10.6. The molecule has 0 heterocycles. The van der Waals surface area contributed by atoms with E-state index in [2.05, 4.69) is 6.92 Å². The van der Waals surface area contributed by atoms with E-state index in [1.165, 1.54) is 19.3 Å². The molecule has 0 rings (SSSR count). The van der Waals surface area contributed by atoms with Gasteiger partial charge in [0.2, 0.25) is 0 Å². The van der Waals surface area contributed by atoms with E-state index in [1.807, 2.05) is 6.92 Å². The number of hydrogen-bond acceptors (Lipinski definition) is 3. The van der Waals surface area contributed by atoms with Gasteiger partial charge in [0.25, 0.3) is 0 Å². The molecule has 15 heavy (non-hydrogen) atoms. The van der Waals surface area contributed by atoms with Crippen LogP contribution in [0.5, 0.6) is 0 Å². The van der Waals surface area contributed by atoms with Crippen molar-refractivity contribution in [1.82, 2.24) is 0 Å². The third-order valence-electron chi connectivity index (χ3n) is 2.35. The Labute approximate surface area is 91.8 Å². The van der Waals surface area contributed by atoms with Gasteiger partial charge in [-0.3, -0.25) is 0 Å². The summed E-state index contributed by atoms with van der Waals surface area (Å²) >= 11 is 0. The highest BCUT2D eigenvalue weighted by atomic mass is 16.5. The molecule has 0 saturated heterocycles. The van der Waals surface area contributed by atoms with Gasteiger partial charge in [0, 0.05) is 6.54 Å². The first-order valence-electron chi connectivity index (χ1n) is 5.70. The van der Waals surface area contributed by atoms with Crippen LogP contribution in [0.3, 0.4) is 0 Å². The van der Waals surface area contributed by atoms with Crippen LogP contribution in [0, 0.1) is 0 Å². The highest BCUT2D eigenvalue weighted by Gasteiger charge is 2.18. The molecule has 0 aromatic carbocycles. The first-order chi connectivity index (χ1) is 7.11. The van der Waals surface area contributed by atoms with E-state index in [9.17, 15) is 4.79 Å². The molecule has 0 spiro atoms. The predicted molar refractivity (Wildman–Crippen MR) is 59.8 cm³/mol. The third-order valence-corrected chi connectivity index (χ3v) is 2.35. The molecule has 0 aromatic rings. The lowest BCUT2D eigenvalue weighted by atomic mass is 10.1. The molecule has 0 radical (unpaired) electrons. The zero-order valence-corrected chi connectivity index (χ0v) is 9.74. The summed E-state index contributed by atoms with van der Waals surface area (Å²) < 4.78 is 5.32. The van der Waals surface area contributed by atoms with Crippen molar-refractivity contribution in [2.24, 2.45) is 5.73 Å². The fourth-order valence-corrected chi connectivity index (χ4v) is 1.42. The van der Waals surface area contributed by atoms with Gasteiger partial charge in [-0.25, -0.2) is 4.79 Å². The van der Waals surface area contributed by atoms with E-state index in [4.69, 9.17) is 15.6 Å². The Bertz CT molecular complexity index is 173. The van der Waals surface area contributed by atoms with Crippen molar-refractivity contribution in [3.8, 4) is 0 Å². The number of unbranched alkanes of at least 4 members (excludes halogenated alkanes) is 3. The van der Waals surface area contributed by atoms with Crippen LogP contribution in [-0.4, -0.2) is 29.8 Å². The number of nitrogens with two attached hydrogens (primary N) is 1. The van der Waals surface area contributed by atoms with Crippen molar-refractivity contribution < 1.29 is 14.6 Å². The van der Waals surface area contributed by atoms with Crippen LogP contribution in [-0.2, 0) is 9.53 Å². The Hall–Kier alpha value is -0.610. The average molecular weight is 217 g/mol. The normalized spacial score (nSPS) is 14.9. The van der Waals surface area contributed by atoms with Gasteiger partial charge in [-0.05, 0) is 13.3 Å². The van der Waals surface area contributed by atoms with E-state index in [-0.39, 0.29) is 12.6 Å². The monoisotopic (exact) mass is 217 g/mol. The lowest BCUT2D eigenvalue weighted by Gasteiger charge is -2.17. The quantitative estimate of drug-likeness (QED) is 0.577. The minimum absolute atomic E-state index is 0.0218. The highest BCUT2D eigenvalue weighted by molar-refractivity contribution is 5.72. The molecule has 3 N–H and O–H groups in total. The zero-order valence-electron chi connectivity index (χ0n) is 9.74. The molecule has 0 fully saturated rings. The molecule has 4 nitrogen and oxygen atoms in total. The first-order valence-corrected chi connectivity index (χ1v) is 5.70. The van der Waals surface area contributed by atoms with Crippen LogP contribution >= 0.6 is 0 Å². The van der Waals surface area contributed by atoms with E-state index < -0.39 is 12.1 Å². The number of hydrogen-bond donors (Lipinski definition) is 2. The topological polar surface area (TPSA) is 72.5 Å². The summed E-state index contributed by atoms with van der Waals surface area (Å²) in [6, 6.07) is 0. The van der Waals surface area contributed by atoms with Crippen LogP contribution in [0.25, 0.3) is 0 Å². The van der Waals surface area contributed by atoms with Gasteiger partial charge in [-0.1, -0.05) is 32.6 Å². The van der Waals surface area contributed by atoms with Crippen molar-refractivity contribution in [2.45, 2.75) is 58.2 Å². The second-order valence-corrected chi connectivity index (χ2v) is 3.86. The summed E-state index contributed by atoms with van der Waals surface area (Å²) in [7, 11) is 0. The number of carboxylic acid groups (broad SMARTS) is 1. The highest BCUT2D eigenvalue weighted by Crippen LogP contribution is 2.09. The summed E-state index contributed by atoms with van der Waals surface area (Å²) in [6.45, 7) is 4.10. The van der Waals surface area contributed by atoms with Crippen LogP contribution in [0.4, 0.5) is 0 Å². The van der Waals surface area contributed by atoms with E-state index in [1.54, 1.807) is 0 Å². The number of carboxylic acids is 1. The van der Waals surface area contributed by atoms with Crippen LogP contribution in [0.2, 0.25) is 0 Å². The Kier molecular flexibility index (Phi) is 8.33. The standard InChI is InChI=1S/C11H23NO3/c1-3-4-5-6-7-9(2)15-10(8-12)11(13)14/h9-10H,3-8,12H2,1-2H3,(H,13,14). The lowest BCUT2D eigenvalue weighted by molar-refractivity contribution is -0.153. The van der Waals surface area contributed by atoms with E-state index in [0.29, 0.717) is 0 Å². The van der Waals surface area contributed by atoms with Gasteiger partial charge < -0.3 is 15.6 Å². The molecule has 4 heteroatoms. The van der Waals surface area contributed by atoms with Crippen molar-refractivity contribution >= 4 is 5.97 Å². The fourth-order valence-electron chi connectivity index (χ4n) is 1.42. The maximum atomic E-state index is 10.6. The van der Waals surface area contributed by atoms with E-state index in [0.717, 1.165) is 12.8 Å². The molecule has 0 amide bonds. The van der Waals surface area contributed by atoms with Gasteiger partial charge in [-0.15, -0.1) is 0 Å².